The Morgan fingerprint density at radius 3 is 2.68 bits per heavy atom. The molecule has 0 fully saturated rings. The van der Waals surface area contributed by atoms with Crippen LogP contribution in [0.4, 0.5) is 5.82 Å². The van der Waals surface area contributed by atoms with Crippen LogP contribution >= 0.6 is 35.4 Å². The molecule has 0 aliphatic carbocycles. The Kier molecular flexibility index (Phi) is 5.67. The van der Waals surface area contributed by atoms with Gasteiger partial charge >= 0.3 is 0 Å². The fourth-order valence-corrected chi connectivity index (χ4v) is 2.77. The number of nitrogens with one attached hydrogen (secondary N) is 2. The molecule has 118 valence electrons. The van der Waals surface area contributed by atoms with E-state index in [1.807, 2.05) is 43.7 Å². The molecule has 0 amide bonds. The first-order valence-electron chi connectivity index (χ1n) is 6.91. The van der Waals surface area contributed by atoms with Crippen LogP contribution in [-0.4, -0.2) is 20.9 Å². The van der Waals surface area contributed by atoms with Crippen molar-refractivity contribution in [2.45, 2.75) is 33.4 Å². The van der Waals surface area contributed by atoms with Crippen molar-refractivity contribution in [3.8, 4) is 0 Å². The van der Waals surface area contributed by atoms with Crippen LogP contribution in [0.5, 0.6) is 0 Å². The highest BCUT2D eigenvalue weighted by molar-refractivity contribution is 7.80. The molecule has 1 heterocycles. The van der Waals surface area contributed by atoms with Crippen molar-refractivity contribution >= 4 is 46.4 Å². The highest BCUT2D eigenvalue weighted by Crippen LogP contribution is 2.22. The monoisotopic (exact) mass is 356 g/mol. The molecule has 0 unspecified atom stereocenters. The van der Waals surface area contributed by atoms with Gasteiger partial charge in [0.1, 0.15) is 0 Å². The van der Waals surface area contributed by atoms with Gasteiger partial charge in [-0.25, -0.2) is 0 Å². The molecular weight excluding hydrogens is 339 g/mol. The van der Waals surface area contributed by atoms with Gasteiger partial charge in [-0.15, -0.1) is 0 Å². The second kappa shape index (κ2) is 7.31. The molecule has 0 saturated carbocycles. The highest BCUT2D eigenvalue weighted by Gasteiger charge is 2.09. The van der Waals surface area contributed by atoms with Crippen molar-refractivity contribution in [3.05, 3.63) is 45.6 Å². The molecule has 7 heteroatoms. The van der Waals surface area contributed by atoms with Crippen LogP contribution < -0.4 is 10.6 Å². The minimum Gasteiger partial charge on any atom is -0.360 e. The van der Waals surface area contributed by atoms with E-state index in [1.165, 1.54) is 0 Å². The van der Waals surface area contributed by atoms with E-state index in [0.717, 1.165) is 11.3 Å². The van der Waals surface area contributed by atoms with Crippen molar-refractivity contribution in [2.75, 3.05) is 5.32 Å². The normalized spacial score (nSPS) is 10.8. The molecule has 0 atom stereocenters. The van der Waals surface area contributed by atoms with Crippen LogP contribution in [0.3, 0.4) is 0 Å². The first-order valence-corrected chi connectivity index (χ1v) is 8.07. The second-order valence-corrected chi connectivity index (χ2v) is 6.57. The summed E-state index contributed by atoms with van der Waals surface area (Å²) in [5, 5.41) is 12.5. The number of benzene rings is 1. The van der Waals surface area contributed by atoms with Gasteiger partial charge in [0.25, 0.3) is 0 Å². The Balaban J connectivity index is 2.11. The van der Waals surface area contributed by atoms with Crippen molar-refractivity contribution in [2.24, 2.45) is 0 Å². The number of hydrogen-bond donors (Lipinski definition) is 2. The van der Waals surface area contributed by atoms with Crippen LogP contribution in [0.15, 0.2) is 24.3 Å². The average molecular weight is 357 g/mol. The fraction of sp³-hybridized carbons (Fsp3) is 0.333. The Hall–Kier alpha value is -1.30. The summed E-state index contributed by atoms with van der Waals surface area (Å²) >= 11 is 17.3. The molecular formula is C15H18Cl2N4S. The maximum Gasteiger partial charge on any atom is 0.172 e. The maximum absolute atomic E-state index is 6.21. The zero-order chi connectivity index (χ0) is 16.3. The molecule has 2 N–H and O–H groups in total. The summed E-state index contributed by atoms with van der Waals surface area (Å²) in [5.74, 6) is 0.709. The SMILES string of the molecule is Cc1cc(NC(=S)NC(C)C)nn1Cc1ccc(Cl)cc1Cl. The number of aryl methyl sites for hydroxylation is 1. The van der Waals surface area contributed by atoms with Gasteiger partial charge in [0, 0.05) is 27.8 Å². The molecule has 0 saturated heterocycles. The lowest BCUT2D eigenvalue weighted by Gasteiger charge is -2.11. The third-order valence-corrected chi connectivity index (χ3v) is 3.78. The predicted molar refractivity (Wildman–Crippen MR) is 97.0 cm³/mol. The zero-order valence-electron chi connectivity index (χ0n) is 12.7. The quantitative estimate of drug-likeness (QED) is 0.803. The molecule has 2 rings (SSSR count). The summed E-state index contributed by atoms with van der Waals surface area (Å²) < 4.78 is 1.87. The molecule has 0 aliphatic heterocycles. The molecule has 4 nitrogen and oxygen atoms in total. The number of aromatic nitrogens is 2. The summed E-state index contributed by atoms with van der Waals surface area (Å²) in [6, 6.07) is 7.68. The van der Waals surface area contributed by atoms with E-state index >= 15 is 0 Å². The van der Waals surface area contributed by atoms with Crippen LogP contribution in [0, 0.1) is 6.92 Å². The molecule has 0 spiro atoms. The molecule has 1 aromatic carbocycles. The van der Waals surface area contributed by atoms with Gasteiger partial charge in [0.05, 0.1) is 6.54 Å². The topological polar surface area (TPSA) is 41.9 Å². The predicted octanol–water partition coefficient (Wildman–Crippen LogP) is 4.24. The smallest absolute Gasteiger partial charge is 0.172 e. The van der Waals surface area contributed by atoms with Gasteiger partial charge in [0.15, 0.2) is 10.9 Å². The first-order chi connectivity index (χ1) is 10.3. The number of halogens is 2. The summed E-state index contributed by atoms with van der Waals surface area (Å²) in [4.78, 5) is 0. The van der Waals surface area contributed by atoms with E-state index in [4.69, 9.17) is 35.4 Å². The van der Waals surface area contributed by atoms with Gasteiger partial charge in [-0.1, -0.05) is 29.3 Å². The minimum atomic E-state index is 0.274. The van der Waals surface area contributed by atoms with Crippen LogP contribution in [-0.2, 0) is 6.54 Å². The summed E-state index contributed by atoms with van der Waals surface area (Å²) in [6.07, 6.45) is 0. The standard InChI is InChI=1S/C15H18Cl2N4S/c1-9(2)18-15(22)19-14-6-10(3)21(20-14)8-11-4-5-12(16)7-13(11)17/h4-7,9H,8H2,1-3H3,(H2,18,19,20,22). The lowest BCUT2D eigenvalue weighted by atomic mass is 10.2. The van der Waals surface area contributed by atoms with Crippen LogP contribution in [0.1, 0.15) is 25.1 Å². The molecule has 0 radical (unpaired) electrons. The van der Waals surface area contributed by atoms with E-state index in [1.54, 1.807) is 6.07 Å². The van der Waals surface area contributed by atoms with Crippen molar-refractivity contribution < 1.29 is 0 Å². The van der Waals surface area contributed by atoms with E-state index < -0.39 is 0 Å². The number of nitrogens with zero attached hydrogens (tertiary/aromatic N) is 2. The highest BCUT2D eigenvalue weighted by atomic mass is 35.5. The Bertz CT molecular complexity index is 682. The van der Waals surface area contributed by atoms with Crippen LogP contribution in [0.25, 0.3) is 0 Å². The van der Waals surface area contributed by atoms with Crippen LogP contribution in [0.2, 0.25) is 10.0 Å². The Labute approximate surface area is 145 Å². The summed E-state index contributed by atoms with van der Waals surface area (Å²) in [5.41, 5.74) is 1.98. The minimum absolute atomic E-state index is 0.274. The van der Waals surface area contributed by atoms with Crippen molar-refractivity contribution in [1.29, 1.82) is 0 Å². The number of rotatable bonds is 4. The zero-order valence-corrected chi connectivity index (χ0v) is 15.0. The Morgan fingerprint density at radius 1 is 1.32 bits per heavy atom. The lowest BCUT2D eigenvalue weighted by Crippen LogP contribution is -2.34. The fourth-order valence-electron chi connectivity index (χ4n) is 1.96. The van der Waals surface area contributed by atoms with E-state index in [-0.39, 0.29) is 6.04 Å². The molecule has 0 bridgehead atoms. The van der Waals surface area contributed by atoms with Crippen molar-refractivity contribution in [3.63, 3.8) is 0 Å². The summed E-state index contributed by atoms with van der Waals surface area (Å²) in [7, 11) is 0. The lowest BCUT2D eigenvalue weighted by molar-refractivity contribution is 0.667. The molecule has 2 aromatic rings. The largest absolute Gasteiger partial charge is 0.360 e. The summed E-state index contributed by atoms with van der Waals surface area (Å²) in [6.45, 7) is 6.62. The van der Waals surface area contributed by atoms with E-state index in [2.05, 4.69) is 15.7 Å². The van der Waals surface area contributed by atoms with E-state index in [9.17, 15) is 0 Å². The molecule has 1 aromatic heterocycles. The van der Waals surface area contributed by atoms with Gasteiger partial charge in [-0.3, -0.25) is 4.68 Å². The van der Waals surface area contributed by atoms with Crippen molar-refractivity contribution in [1.82, 2.24) is 15.1 Å². The number of anilines is 1. The van der Waals surface area contributed by atoms with E-state index in [0.29, 0.717) is 27.5 Å². The third kappa shape index (κ3) is 4.60. The first kappa shape index (κ1) is 17.1. The average Bonchev–Trinajstić information content (AvgIpc) is 2.71. The molecule has 0 aliphatic rings. The number of hydrogen-bond acceptors (Lipinski definition) is 2. The molecule has 22 heavy (non-hydrogen) atoms. The van der Waals surface area contributed by atoms with Gasteiger partial charge in [-0.2, -0.15) is 5.10 Å². The third-order valence-electron chi connectivity index (χ3n) is 2.98. The van der Waals surface area contributed by atoms with Gasteiger partial charge in [-0.05, 0) is 50.7 Å². The second-order valence-electron chi connectivity index (χ2n) is 5.32. The Morgan fingerprint density at radius 2 is 2.05 bits per heavy atom. The number of thiocarbonyl (C=S) groups is 1. The van der Waals surface area contributed by atoms with Gasteiger partial charge in [0.2, 0.25) is 0 Å². The maximum atomic E-state index is 6.21. The van der Waals surface area contributed by atoms with Gasteiger partial charge < -0.3 is 10.6 Å².